The zero-order valence-corrected chi connectivity index (χ0v) is 11.5. The monoisotopic (exact) mass is 294 g/mol. The molecule has 2 rings (SSSR count). The summed E-state index contributed by atoms with van der Waals surface area (Å²) in [5, 5.41) is 19.8. The fourth-order valence-corrected chi connectivity index (χ4v) is 1.89. The Bertz CT molecular complexity index is 585. The number of aromatic nitrogens is 3. The maximum atomic E-state index is 11.8. The summed E-state index contributed by atoms with van der Waals surface area (Å²) in [5.74, 6) is -0.176. The minimum Gasteiger partial charge on any atom is -0.396 e. The highest BCUT2D eigenvalue weighted by atomic mass is 35.5. The molecule has 2 aromatic rings. The molecule has 106 valence electrons. The van der Waals surface area contributed by atoms with E-state index in [1.54, 1.807) is 12.3 Å². The Morgan fingerprint density at radius 1 is 1.40 bits per heavy atom. The largest absolute Gasteiger partial charge is 0.396 e. The van der Waals surface area contributed by atoms with Gasteiger partial charge in [-0.3, -0.25) is 4.79 Å². The van der Waals surface area contributed by atoms with Gasteiger partial charge in [0.05, 0.1) is 5.69 Å². The van der Waals surface area contributed by atoms with Crippen LogP contribution < -0.4 is 5.32 Å². The molecule has 0 spiro atoms. The number of rotatable bonds is 6. The quantitative estimate of drug-likeness (QED) is 0.825. The molecule has 0 aliphatic rings. The molecule has 1 heterocycles. The van der Waals surface area contributed by atoms with Gasteiger partial charge in [-0.1, -0.05) is 35.0 Å². The molecule has 0 unspecified atom stereocenters. The molecule has 1 aromatic carbocycles. The van der Waals surface area contributed by atoms with Gasteiger partial charge in [-0.05, 0) is 11.6 Å². The summed E-state index contributed by atoms with van der Waals surface area (Å²) in [6.45, 7) is 0.469. The lowest BCUT2D eigenvalue weighted by Gasteiger charge is -2.06. The van der Waals surface area contributed by atoms with Crippen LogP contribution in [-0.4, -0.2) is 32.6 Å². The van der Waals surface area contributed by atoms with Crippen molar-refractivity contribution in [1.82, 2.24) is 20.3 Å². The van der Waals surface area contributed by atoms with Crippen LogP contribution in [0.2, 0.25) is 5.02 Å². The standard InChI is InChI=1S/C13H15ClN4O2/c14-12-4-2-1-3-10(12)7-15-13(20)9-18-8-11(5-6-19)16-17-18/h1-4,8,19H,5-7,9H2,(H,15,20). The van der Waals surface area contributed by atoms with Crippen molar-refractivity contribution in [2.45, 2.75) is 19.5 Å². The molecule has 0 aliphatic carbocycles. The van der Waals surface area contributed by atoms with Gasteiger partial charge < -0.3 is 10.4 Å². The Morgan fingerprint density at radius 2 is 2.20 bits per heavy atom. The molecule has 0 bridgehead atoms. The van der Waals surface area contributed by atoms with Crippen molar-refractivity contribution in [3.63, 3.8) is 0 Å². The lowest BCUT2D eigenvalue weighted by atomic mass is 10.2. The van der Waals surface area contributed by atoms with Gasteiger partial charge in [-0.2, -0.15) is 0 Å². The fraction of sp³-hybridized carbons (Fsp3) is 0.308. The number of hydrogen-bond donors (Lipinski definition) is 2. The van der Waals surface area contributed by atoms with Crippen molar-refractivity contribution in [2.75, 3.05) is 6.61 Å². The lowest BCUT2D eigenvalue weighted by Crippen LogP contribution is -2.27. The predicted molar refractivity (Wildman–Crippen MR) is 74.1 cm³/mol. The number of aliphatic hydroxyl groups is 1. The number of carbonyl (C=O) groups is 1. The number of hydrogen-bond acceptors (Lipinski definition) is 4. The minimum absolute atomic E-state index is 0.0113. The van der Waals surface area contributed by atoms with E-state index in [1.165, 1.54) is 4.68 Å². The first-order chi connectivity index (χ1) is 9.69. The van der Waals surface area contributed by atoms with Crippen molar-refractivity contribution in [3.8, 4) is 0 Å². The first-order valence-electron chi connectivity index (χ1n) is 6.19. The van der Waals surface area contributed by atoms with E-state index in [1.807, 2.05) is 18.2 Å². The van der Waals surface area contributed by atoms with E-state index in [4.69, 9.17) is 16.7 Å². The second-order valence-electron chi connectivity index (χ2n) is 4.25. The third-order valence-electron chi connectivity index (χ3n) is 2.69. The van der Waals surface area contributed by atoms with E-state index in [-0.39, 0.29) is 19.1 Å². The predicted octanol–water partition coefficient (Wildman–Crippen LogP) is 0.783. The van der Waals surface area contributed by atoms with Gasteiger partial charge in [-0.25, -0.2) is 4.68 Å². The number of aliphatic hydroxyl groups excluding tert-OH is 1. The second kappa shape index (κ2) is 7.02. The van der Waals surface area contributed by atoms with E-state index in [9.17, 15) is 4.79 Å². The molecule has 20 heavy (non-hydrogen) atoms. The molecule has 0 saturated heterocycles. The topological polar surface area (TPSA) is 80.0 Å². The number of halogens is 1. The van der Waals surface area contributed by atoms with Gasteiger partial charge in [0.25, 0.3) is 0 Å². The average molecular weight is 295 g/mol. The number of nitrogens with one attached hydrogen (secondary N) is 1. The third-order valence-corrected chi connectivity index (χ3v) is 3.06. The molecular formula is C13H15ClN4O2. The smallest absolute Gasteiger partial charge is 0.242 e. The van der Waals surface area contributed by atoms with Crippen LogP contribution in [0, 0.1) is 0 Å². The summed E-state index contributed by atoms with van der Waals surface area (Å²) in [5.41, 5.74) is 1.52. The molecule has 7 heteroatoms. The average Bonchev–Trinajstić information content (AvgIpc) is 2.85. The van der Waals surface area contributed by atoms with Crippen LogP contribution >= 0.6 is 11.6 Å². The molecular weight excluding hydrogens is 280 g/mol. The lowest BCUT2D eigenvalue weighted by molar-refractivity contribution is -0.122. The summed E-state index contributed by atoms with van der Waals surface area (Å²) >= 11 is 6.00. The van der Waals surface area contributed by atoms with Gasteiger partial charge in [0.2, 0.25) is 5.91 Å². The first-order valence-corrected chi connectivity index (χ1v) is 6.57. The van der Waals surface area contributed by atoms with Gasteiger partial charge >= 0.3 is 0 Å². The van der Waals surface area contributed by atoms with E-state index >= 15 is 0 Å². The third kappa shape index (κ3) is 4.04. The zero-order valence-electron chi connectivity index (χ0n) is 10.8. The van der Waals surface area contributed by atoms with Crippen LogP contribution in [0.15, 0.2) is 30.5 Å². The second-order valence-corrected chi connectivity index (χ2v) is 4.66. The van der Waals surface area contributed by atoms with Crippen LogP contribution in [0.3, 0.4) is 0 Å². The van der Waals surface area contributed by atoms with E-state index in [0.29, 0.717) is 23.7 Å². The van der Waals surface area contributed by atoms with Crippen LogP contribution in [0.1, 0.15) is 11.3 Å². The highest BCUT2D eigenvalue weighted by Crippen LogP contribution is 2.14. The Kier molecular flexibility index (Phi) is 5.09. The summed E-state index contributed by atoms with van der Waals surface area (Å²) in [6, 6.07) is 7.34. The van der Waals surface area contributed by atoms with Gasteiger partial charge in [0.1, 0.15) is 6.54 Å². The SMILES string of the molecule is O=C(Cn1cc(CCO)nn1)NCc1ccccc1Cl. The molecule has 1 amide bonds. The molecule has 2 N–H and O–H groups in total. The highest BCUT2D eigenvalue weighted by molar-refractivity contribution is 6.31. The minimum atomic E-state index is -0.176. The molecule has 1 aromatic heterocycles. The Labute approximate surface area is 121 Å². The Morgan fingerprint density at radius 3 is 2.95 bits per heavy atom. The summed E-state index contributed by atoms with van der Waals surface area (Å²) in [4.78, 5) is 11.8. The van der Waals surface area contributed by atoms with Gasteiger partial charge in [0, 0.05) is 30.8 Å². The van der Waals surface area contributed by atoms with Crippen LogP contribution in [0.5, 0.6) is 0 Å². The molecule has 0 aliphatic heterocycles. The number of nitrogens with zero attached hydrogens (tertiary/aromatic N) is 3. The molecule has 6 nitrogen and oxygen atoms in total. The Hall–Kier alpha value is -1.92. The zero-order chi connectivity index (χ0) is 14.4. The summed E-state index contributed by atoms with van der Waals surface area (Å²) < 4.78 is 1.44. The fourth-order valence-electron chi connectivity index (χ4n) is 1.68. The highest BCUT2D eigenvalue weighted by Gasteiger charge is 2.06. The van der Waals surface area contributed by atoms with Crippen LogP contribution in [0.25, 0.3) is 0 Å². The van der Waals surface area contributed by atoms with E-state index in [0.717, 1.165) is 5.56 Å². The number of carbonyl (C=O) groups excluding carboxylic acids is 1. The normalized spacial score (nSPS) is 10.5. The Balaban J connectivity index is 1.84. The maximum absolute atomic E-state index is 11.8. The van der Waals surface area contributed by atoms with Gasteiger partial charge in [-0.15, -0.1) is 5.10 Å². The van der Waals surface area contributed by atoms with Crippen molar-refractivity contribution < 1.29 is 9.90 Å². The number of benzene rings is 1. The molecule has 0 fully saturated rings. The van der Waals surface area contributed by atoms with Gasteiger partial charge in [0.15, 0.2) is 0 Å². The first kappa shape index (κ1) is 14.5. The van der Waals surface area contributed by atoms with Crippen molar-refractivity contribution in [2.24, 2.45) is 0 Å². The van der Waals surface area contributed by atoms with Crippen LogP contribution in [0.4, 0.5) is 0 Å². The molecule has 0 radical (unpaired) electrons. The van der Waals surface area contributed by atoms with E-state index in [2.05, 4.69) is 15.6 Å². The summed E-state index contributed by atoms with van der Waals surface area (Å²) in [6.07, 6.45) is 2.08. The number of amides is 1. The summed E-state index contributed by atoms with van der Waals surface area (Å²) in [7, 11) is 0. The molecule has 0 atom stereocenters. The van der Waals surface area contributed by atoms with Crippen molar-refractivity contribution >= 4 is 17.5 Å². The van der Waals surface area contributed by atoms with Crippen molar-refractivity contribution in [3.05, 3.63) is 46.7 Å². The van der Waals surface area contributed by atoms with E-state index < -0.39 is 0 Å². The van der Waals surface area contributed by atoms with Crippen molar-refractivity contribution in [1.29, 1.82) is 0 Å². The maximum Gasteiger partial charge on any atom is 0.242 e. The molecule has 0 saturated carbocycles. The van der Waals surface area contributed by atoms with Crippen LogP contribution in [-0.2, 0) is 24.3 Å².